The van der Waals surface area contributed by atoms with Crippen LogP contribution in [0, 0.1) is 5.92 Å². The molecule has 166 valence electrons. The minimum atomic E-state index is -0.515. The molecule has 1 heterocycles. The molecular weight excluding hydrogens is 406 g/mol. The van der Waals surface area contributed by atoms with Gasteiger partial charge in [0.15, 0.2) is 5.78 Å². The summed E-state index contributed by atoms with van der Waals surface area (Å²) in [5.41, 5.74) is 2.29. The molecule has 0 amide bonds. The van der Waals surface area contributed by atoms with Gasteiger partial charge >= 0.3 is 11.9 Å². The fourth-order valence-corrected chi connectivity index (χ4v) is 4.69. The number of esters is 2. The van der Waals surface area contributed by atoms with Gasteiger partial charge in [-0.1, -0.05) is 56.0 Å². The van der Waals surface area contributed by atoms with Crippen molar-refractivity contribution in [3.05, 3.63) is 65.4 Å². The van der Waals surface area contributed by atoms with E-state index in [1.165, 1.54) is 26.9 Å². The summed E-state index contributed by atoms with van der Waals surface area (Å²) in [6.07, 6.45) is 7.12. The first-order chi connectivity index (χ1) is 15.5. The van der Waals surface area contributed by atoms with Gasteiger partial charge in [-0.05, 0) is 30.0 Å². The molecule has 1 unspecified atom stereocenters. The highest BCUT2D eigenvalue weighted by atomic mass is 16.5. The van der Waals surface area contributed by atoms with Gasteiger partial charge in [-0.2, -0.15) is 0 Å². The second-order valence-corrected chi connectivity index (χ2v) is 8.39. The topological polar surface area (TPSA) is 85.5 Å². The van der Waals surface area contributed by atoms with Crippen LogP contribution in [0.15, 0.2) is 48.7 Å². The zero-order chi connectivity index (χ0) is 22.7. The van der Waals surface area contributed by atoms with Gasteiger partial charge in [0, 0.05) is 29.6 Å². The third-order valence-electron chi connectivity index (χ3n) is 6.25. The molecule has 1 aliphatic carbocycles. The number of hydrogen-bond acceptors (Lipinski definition) is 5. The second-order valence-electron chi connectivity index (χ2n) is 8.39. The maximum absolute atomic E-state index is 13.1. The number of nitrogens with one attached hydrogen (secondary N) is 1. The Hall–Kier alpha value is -3.41. The van der Waals surface area contributed by atoms with Crippen molar-refractivity contribution in [2.45, 2.75) is 44.9 Å². The van der Waals surface area contributed by atoms with Crippen molar-refractivity contribution in [2.24, 2.45) is 5.92 Å². The van der Waals surface area contributed by atoms with E-state index in [4.69, 9.17) is 9.47 Å². The van der Waals surface area contributed by atoms with Crippen molar-refractivity contribution in [3.63, 3.8) is 0 Å². The van der Waals surface area contributed by atoms with Crippen LogP contribution in [-0.4, -0.2) is 29.8 Å². The van der Waals surface area contributed by atoms with E-state index in [0.29, 0.717) is 23.4 Å². The van der Waals surface area contributed by atoms with Crippen LogP contribution in [0.4, 0.5) is 0 Å². The number of ether oxygens (including phenoxy) is 2. The molecule has 0 spiro atoms. The summed E-state index contributed by atoms with van der Waals surface area (Å²) in [7, 11) is 1.40. The van der Waals surface area contributed by atoms with E-state index in [1.54, 1.807) is 42.6 Å². The minimum absolute atomic E-state index is 0.184. The summed E-state index contributed by atoms with van der Waals surface area (Å²) in [5.74, 6) is -0.788. The number of aromatic nitrogens is 1. The van der Waals surface area contributed by atoms with Crippen molar-refractivity contribution in [2.75, 3.05) is 7.11 Å². The Morgan fingerprint density at radius 2 is 1.81 bits per heavy atom. The molecule has 4 rings (SSSR count). The normalized spacial score (nSPS) is 14.9. The van der Waals surface area contributed by atoms with Gasteiger partial charge in [-0.15, -0.1) is 0 Å². The van der Waals surface area contributed by atoms with Crippen LogP contribution in [0.25, 0.3) is 10.9 Å². The van der Waals surface area contributed by atoms with E-state index >= 15 is 0 Å². The minimum Gasteiger partial charge on any atom is -0.469 e. The van der Waals surface area contributed by atoms with Crippen LogP contribution in [0.3, 0.4) is 0 Å². The van der Waals surface area contributed by atoms with Crippen LogP contribution < -0.4 is 4.74 Å². The molecule has 1 aromatic heterocycles. The fourth-order valence-electron chi connectivity index (χ4n) is 4.69. The average Bonchev–Trinajstić information content (AvgIpc) is 3.46. The van der Waals surface area contributed by atoms with Crippen molar-refractivity contribution >= 4 is 28.6 Å². The summed E-state index contributed by atoms with van der Waals surface area (Å²) in [5, 5.41) is 0.749. The molecule has 1 atom stereocenters. The zero-order valence-corrected chi connectivity index (χ0v) is 18.4. The molecular formula is C26H27NO5. The lowest BCUT2D eigenvalue weighted by atomic mass is 9.87. The van der Waals surface area contributed by atoms with Gasteiger partial charge in [0.2, 0.25) is 0 Å². The van der Waals surface area contributed by atoms with E-state index < -0.39 is 11.9 Å². The first-order valence-electron chi connectivity index (χ1n) is 11.0. The van der Waals surface area contributed by atoms with Crippen molar-refractivity contribution < 1.29 is 23.9 Å². The summed E-state index contributed by atoms with van der Waals surface area (Å²) >= 11 is 0. The van der Waals surface area contributed by atoms with Crippen molar-refractivity contribution in [1.82, 2.24) is 4.98 Å². The quantitative estimate of drug-likeness (QED) is 0.316. The number of carbonyl (C=O) groups excluding carboxylic acids is 3. The molecule has 32 heavy (non-hydrogen) atoms. The Labute approximate surface area is 186 Å². The van der Waals surface area contributed by atoms with Crippen molar-refractivity contribution in [3.8, 4) is 5.75 Å². The van der Waals surface area contributed by atoms with E-state index in [0.717, 1.165) is 23.8 Å². The van der Waals surface area contributed by atoms with Crippen LogP contribution in [0.1, 0.15) is 66.4 Å². The van der Waals surface area contributed by atoms with Gasteiger partial charge in [0.25, 0.3) is 0 Å². The molecule has 1 fully saturated rings. The van der Waals surface area contributed by atoms with E-state index in [2.05, 4.69) is 4.98 Å². The van der Waals surface area contributed by atoms with Gasteiger partial charge in [-0.25, -0.2) is 0 Å². The predicted octanol–water partition coefficient (Wildman–Crippen LogP) is 5.16. The Bertz CT molecular complexity index is 1140. The first kappa shape index (κ1) is 21.8. The molecule has 0 radical (unpaired) electrons. The zero-order valence-electron chi connectivity index (χ0n) is 18.4. The number of H-pyrrole nitrogens is 1. The Morgan fingerprint density at radius 1 is 1.09 bits per heavy atom. The number of hydrogen-bond donors (Lipinski definition) is 1. The fraction of sp³-hybridized carbons (Fsp3) is 0.346. The highest BCUT2D eigenvalue weighted by Gasteiger charge is 2.30. The molecule has 6 heteroatoms. The SMILES string of the molecule is COC(=O)C(CC1CCCC1)c1c[nH]c2cc(C(=O)c3ccccc3)c(OC(C)=O)cc12. The summed E-state index contributed by atoms with van der Waals surface area (Å²) in [6, 6.07) is 12.2. The molecule has 1 aliphatic rings. The van der Waals surface area contributed by atoms with E-state index in [9.17, 15) is 14.4 Å². The highest BCUT2D eigenvalue weighted by molar-refractivity contribution is 6.13. The predicted molar refractivity (Wildman–Crippen MR) is 121 cm³/mol. The van der Waals surface area contributed by atoms with E-state index in [-0.39, 0.29) is 23.1 Å². The molecule has 3 aromatic rings. The third-order valence-corrected chi connectivity index (χ3v) is 6.25. The third kappa shape index (κ3) is 4.44. The molecule has 0 bridgehead atoms. The summed E-state index contributed by atoms with van der Waals surface area (Å²) < 4.78 is 10.5. The van der Waals surface area contributed by atoms with Crippen LogP contribution >= 0.6 is 0 Å². The average molecular weight is 434 g/mol. The van der Waals surface area contributed by atoms with Gasteiger partial charge in [0.1, 0.15) is 5.75 Å². The number of fused-ring (bicyclic) bond motifs is 1. The largest absolute Gasteiger partial charge is 0.469 e. The lowest BCUT2D eigenvalue weighted by Crippen LogP contribution is -2.17. The highest BCUT2D eigenvalue weighted by Crippen LogP contribution is 2.39. The number of methoxy groups -OCH3 is 1. The molecule has 1 N–H and O–H groups in total. The van der Waals surface area contributed by atoms with Crippen LogP contribution in [-0.2, 0) is 14.3 Å². The Balaban J connectivity index is 1.79. The van der Waals surface area contributed by atoms with Crippen LogP contribution in [0.5, 0.6) is 5.75 Å². The molecule has 1 saturated carbocycles. The Morgan fingerprint density at radius 3 is 2.47 bits per heavy atom. The lowest BCUT2D eigenvalue weighted by molar-refractivity contribution is -0.143. The monoisotopic (exact) mass is 433 g/mol. The molecule has 2 aromatic carbocycles. The van der Waals surface area contributed by atoms with Gasteiger partial charge in [-0.3, -0.25) is 14.4 Å². The maximum Gasteiger partial charge on any atom is 0.313 e. The number of carbonyl (C=O) groups is 3. The first-order valence-corrected chi connectivity index (χ1v) is 11.0. The van der Waals surface area contributed by atoms with Gasteiger partial charge in [0.05, 0.1) is 18.6 Å². The standard InChI is InChI=1S/C26H27NO5/c1-16(28)32-24-14-19-22(20(26(30)31-2)12-17-8-6-7-9-17)15-27-23(19)13-21(24)25(29)18-10-4-3-5-11-18/h3-5,10-11,13-15,17,20,27H,6-9,12H2,1-2H3. The van der Waals surface area contributed by atoms with Crippen molar-refractivity contribution in [1.29, 1.82) is 0 Å². The number of ketones is 1. The smallest absolute Gasteiger partial charge is 0.313 e. The maximum atomic E-state index is 13.1. The molecule has 6 nitrogen and oxygen atoms in total. The number of rotatable bonds is 7. The number of benzene rings is 2. The van der Waals surface area contributed by atoms with E-state index in [1.807, 2.05) is 6.07 Å². The molecule has 0 saturated heterocycles. The lowest BCUT2D eigenvalue weighted by Gasteiger charge is -2.18. The number of aromatic amines is 1. The second kappa shape index (κ2) is 9.39. The molecule has 0 aliphatic heterocycles. The van der Waals surface area contributed by atoms with Gasteiger partial charge < -0.3 is 14.5 Å². The summed E-state index contributed by atoms with van der Waals surface area (Å²) in [4.78, 5) is 40.8. The Kier molecular flexibility index (Phi) is 6.40. The summed E-state index contributed by atoms with van der Waals surface area (Å²) in [6.45, 7) is 1.30. The van der Waals surface area contributed by atoms with Crippen LogP contribution in [0.2, 0.25) is 0 Å².